The highest BCUT2D eigenvalue weighted by molar-refractivity contribution is 7.87. The van der Waals surface area contributed by atoms with Gasteiger partial charge in [0.2, 0.25) is 0 Å². The number of hydrogen-bond donors (Lipinski definition) is 0. The summed E-state index contributed by atoms with van der Waals surface area (Å²) in [5.41, 5.74) is 5.22. The average Bonchev–Trinajstić information content (AvgIpc) is 3.14. The van der Waals surface area contributed by atoms with Crippen LogP contribution in [0.5, 0.6) is 5.75 Å². The quantitative estimate of drug-likeness (QED) is 0.121. The summed E-state index contributed by atoms with van der Waals surface area (Å²) >= 11 is 0. The van der Waals surface area contributed by atoms with E-state index in [2.05, 4.69) is 18.2 Å². The summed E-state index contributed by atoms with van der Waals surface area (Å²) in [6, 6.07) is 42.4. The van der Waals surface area contributed by atoms with Crippen molar-refractivity contribution in [2.24, 2.45) is 0 Å². The van der Waals surface area contributed by atoms with Gasteiger partial charge in [-0.05, 0) is 106 Å². The SMILES string of the molecule is Cc1cc(S(=O)(=O)[O-])c2c(c1OS(=O)(=O)c1c(-c3ccccc3)cc(-c3cccc4ccccc34)cc1-c1cccc3ccccc13)CCCC2. The first kappa shape index (κ1) is 32.9. The number of hydrogen-bond acceptors (Lipinski definition) is 6. The predicted octanol–water partition coefficient (Wildman–Crippen LogP) is 9.85. The Bertz CT molecular complexity index is 2710. The van der Waals surface area contributed by atoms with E-state index in [0.717, 1.165) is 38.2 Å². The lowest BCUT2D eigenvalue weighted by Crippen LogP contribution is -2.18. The van der Waals surface area contributed by atoms with Crippen LogP contribution in [0, 0.1) is 6.92 Å². The molecule has 254 valence electrons. The molecule has 8 rings (SSSR count). The van der Waals surface area contributed by atoms with Crippen molar-refractivity contribution in [2.45, 2.75) is 42.4 Å². The number of fused-ring (bicyclic) bond motifs is 3. The third-order valence-electron chi connectivity index (χ3n) is 9.81. The van der Waals surface area contributed by atoms with E-state index in [1.54, 1.807) is 6.92 Å². The molecule has 0 spiro atoms. The molecule has 0 fully saturated rings. The van der Waals surface area contributed by atoms with Crippen molar-refractivity contribution >= 4 is 41.8 Å². The Morgan fingerprint density at radius 3 is 1.76 bits per heavy atom. The van der Waals surface area contributed by atoms with Crippen molar-refractivity contribution in [3.05, 3.63) is 150 Å². The summed E-state index contributed by atoms with van der Waals surface area (Å²) < 4.78 is 73.3. The Hall–Kier alpha value is -5.28. The van der Waals surface area contributed by atoms with Gasteiger partial charge in [-0.2, -0.15) is 8.42 Å². The second-order valence-corrected chi connectivity index (χ2v) is 15.8. The fourth-order valence-electron chi connectivity index (χ4n) is 7.53. The fraction of sp³-hybridized carbons (Fsp3) is 0.116. The molecule has 0 N–H and O–H groups in total. The first-order valence-electron chi connectivity index (χ1n) is 16.9. The van der Waals surface area contributed by atoms with E-state index >= 15 is 8.42 Å². The average molecular weight is 710 g/mol. The van der Waals surface area contributed by atoms with Crippen LogP contribution in [0.2, 0.25) is 0 Å². The summed E-state index contributed by atoms with van der Waals surface area (Å²) in [5.74, 6) is 0.0816. The van der Waals surface area contributed by atoms with E-state index in [1.165, 1.54) is 6.07 Å². The highest BCUT2D eigenvalue weighted by Crippen LogP contribution is 2.45. The number of rotatable bonds is 7. The molecular formula is C43H33O6S2-. The van der Waals surface area contributed by atoms with Crippen LogP contribution in [0.3, 0.4) is 0 Å². The van der Waals surface area contributed by atoms with Crippen LogP contribution >= 0.6 is 0 Å². The molecule has 0 heterocycles. The van der Waals surface area contributed by atoms with Gasteiger partial charge >= 0.3 is 10.1 Å². The topological polar surface area (TPSA) is 101 Å². The molecule has 0 saturated carbocycles. The fourth-order valence-corrected chi connectivity index (χ4v) is 9.80. The second-order valence-electron chi connectivity index (χ2n) is 13.0. The minimum absolute atomic E-state index is 0.00137. The van der Waals surface area contributed by atoms with E-state index in [1.807, 2.05) is 109 Å². The minimum Gasteiger partial charge on any atom is -0.744 e. The molecule has 0 unspecified atom stereocenters. The standard InChI is InChI=1S/C43H34O6S2/c1-28-25-41(50(44,45)46)37-21-9-10-22-38(37)42(28)49-51(47,48)43-39(31-13-3-2-4-14-31)26-32(35-23-11-17-29-15-5-7-19-33(29)35)27-40(43)36-24-12-18-30-16-6-8-20-34(30)36/h2-8,11-20,23-27H,9-10,21-22H2,1H3,(H,44,45,46)/p-1. The summed E-state index contributed by atoms with van der Waals surface area (Å²) in [7, 11) is -9.40. The van der Waals surface area contributed by atoms with Gasteiger partial charge in [0.25, 0.3) is 0 Å². The largest absolute Gasteiger partial charge is 0.744 e. The molecule has 0 aromatic heterocycles. The van der Waals surface area contributed by atoms with Crippen molar-refractivity contribution in [1.82, 2.24) is 0 Å². The Kier molecular flexibility index (Phi) is 8.26. The van der Waals surface area contributed by atoms with Crippen LogP contribution in [0.4, 0.5) is 0 Å². The molecule has 1 aliphatic carbocycles. The Balaban J connectivity index is 1.45. The van der Waals surface area contributed by atoms with Crippen molar-refractivity contribution in [3.63, 3.8) is 0 Å². The van der Waals surface area contributed by atoms with Crippen LogP contribution < -0.4 is 4.18 Å². The van der Waals surface area contributed by atoms with E-state index < -0.39 is 20.2 Å². The van der Waals surface area contributed by atoms with Crippen LogP contribution in [0.15, 0.2) is 143 Å². The maximum absolute atomic E-state index is 15.1. The maximum Gasteiger partial charge on any atom is 0.340 e. The molecule has 1 aliphatic rings. The van der Waals surface area contributed by atoms with Crippen molar-refractivity contribution < 1.29 is 25.6 Å². The monoisotopic (exact) mass is 709 g/mol. The molecule has 0 aliphatic heterocycles. The minimum atomic E-state index is -4.79. The van der Waals surface area contributed by atoms with Crippen LogP contribution in [0.25, 0.3) is 54.9 Å². The molecule has 51 heavy (non-hydrogen) atoms. The van der Waals surface area contributed by atoms with Crippen LogP contribution in [-0.2, 0) is 33.1 Å². The van der Waals surface area contributed by atoms with E-state index in [0.29, 0.717) is 53.5 Å². The van der Waals surface area contributed by atoms with Gasteiger partial charge < -0.3 is 8.74 Å². The summed E-state index contributed by atoms with van der Waals surface area (Å²) in [5, 5.41) is 3.93. The zero-order chi connectivity index (χ0) is 35.3. The first-order chi connectivity index (χ1) is 24.6. The van der Waals surface area contributed by atoms with E-state index in [9.17, 15) is 13.0 Å². The lowest BCUT2D eigenvalue weighted by Gasteiger charge is -2.26. The number of aryl methyl sites for hydroxylation is 1. The molecule has 7 aromatic carbocycles. The lowest BCUT2D eigenvalue weighted by atomic mass is 9.89. The highest BCUT2D eigenvalue weighted by Gasteiger charge is 2.32. The van der Waals surface area contributed by atoms with E-state index in [4.69, 9.17) is 4.18 Å². The first-order valence-corrected chi connectivity index (χ1v) is 19.7. The molecule has 0 amide bonds. The molecule has 0 radical (unpaired) electrons. The molecule has 0 saturated heterocycles. The molecule has 0 bridgehead atoms. The van der Waals surface area contributed by atoms with E-state index in [-0.39, 0.29) is 21.1 Å². The maximum atomic E-state index is 15.1. The van der Waals surface area contributed by atoms with Gasteiger partial charge in [0.15, 0.2) is 0 Å². The molecular weight excluding hydrogens is 677 g/mol. The van der Waals surface area contributed by atoms with Gasteiger partial charge in [0.1, 0.15) is 20.8 Å². The Morgan fingerprint density at radius 1 is 0.549 bits per heavy atom. The molecule has 8 heteroatoms. The molecule has 7 aromatic rings. The van der Waals surface area contributed by atoms with Gasteiger partial charge in [-0.15, -0.1) is 0 Å². The van der Waals surface area contributed by atoms with Gasteiger partial charge in [0, 0.05) is 16.7 Å². The summed E-state index contributed by atoms with van der Waals surface area (Å²) in [6.07, 6.45) is 2.14. The van der Waals surface area contributed by atoms with Gasteiger partial charge in [0.05, 0.1) is 4.90 Å². The van der Waals surface area contributed by atoms with Gasteiger partial charge in [-0.1, -0.05) is 115 Å². The lowest BCUT2D eigenvalue weighted by molar-refractivity contribution is 0.459. The van der Waals surface area contributed by atoms with Crippen molar-refractivity contribution in [1.29, 1.82) is 0 Å². The zero-order valence-electron chi connectivity index (χ0n) is 27.8. The summed E-state index contributed by atoms with van der Waals surface area (Å²) in [6.45, 7) is 1.59. The third-order valence-corrected chi connectivity index (χ3v) is 12.0. The van der Waals surface area contributed by atoms with Crippen molar-refractivity contribution in [3.8, 4) is 39.1 Å². The Morgan fingerprint density at radius 2 is 1.10 bits per heavy atom. The smallest absolute Gasteiger partial charge is 0.340 e. The molecule has 6 nitrogen and oxygen atoms in total. The van der Waals surface area contributed by atoms with Gasteiger partial charge in [-0.3, -0.25) is 0 Å². The second kappa shape index (κ2) is 12.8. The normalized spacial score (nSPS) is 13.3. The Labute approximate surface area is 297 Å². The van der Waals surface area contributed by atoms with Crippen LogP contribution in [0.1, 0.15) is 29.5 Å². The number of benzene rings is 7. The highest BCUT2D eigenvalue weighted by atomic mass is 32.2. The third kappa shape index (κ3) is 5.99. The summed E-state index contributed by atoms with van der Waals surface area (Å²) in [4.78, 5) is -0.307. The van der Waals surface area contributed by atoms with Crippen molar-refractivity contribution in [2.75, 3.05) is 0 Å². The van der Waals surface area contributed by atoms with Crippen LogP contribution in [-0.4, -0.2) is 21.4 Å². The zero-order valence-corrected chi connectivity index (χ0v) is 29.4. The predicted molar refractivity (Wildman–Crippen MR) is 201 cm³/mol. The van der Waals surface area contributed by atoms with Gasteiger partial charge in [-0.25, -0.2) is 8.42 Å². The molecule has 0 atom stereocenters.